The summed E-state index contributed by atoms with van der Waals surface area (Å²) < 4.78 is 30.3. The highest BCUT2D eigenvalue weighted by atomic mass is 32.2. The molecule has 96 valence electrons. The lowest BCUT2D eigenvalue weighted by atomic mass is 10.1. The van der Waals surface area contributed by atoms with E-state index < -0.39 is 10.0 Å². The first kappa shape index (κ1) is 14.1. The molecule has 0 bridgehead atoms. The first-order valence-electron chi connectivity index (χ1n) is 5.32. The largest absolute Gasteiger partial charge is 0.384 e. The van der Waals surface area contributed by atoms with E-state index in [0.717, 1.165) is 11.1 Å². The van der Waals surface area contributed by atoms with E-state index in [1.807, 2.05) is 24.3 Å². The average Bonchev–Trinajstić information content (AvgIpc) is 2.34. The first-order chi connectivity index (χ1) is 8.09. The van der Waals surface area contributed by atoms with Crippen LogP contribution in [0.2, 0.25) is 0 Å². The van der Waals surface area contributed by atoms with E-state index in [2.05, 4.69) is 4.72 Å². The van der Waals surface area contributed by atoms with E-state index >= 15 is 0 Å². The molecule has 0 atom stereocenters. The summed E-state index contributed by atoms with van der Waals surface area (Å²) in [4.78, 5) is 0. The number of rotatable bonds is 7. The molecule has 5 nitrogen and oxygen atoms in total. The molecule has 0 saturated heterocycles. The Hall–Kier alpha value is -0.950. The highest BCUT2D eigenvalue weighted by Gasteiger charge is 2.10. The summed E-state index contributed by atoms with van der Waals surface area (Å²) in [5.41, 5.74) is 7.42. The predicted octanol–water partition coefficient (Wildman–Crippen LogP) is 0.211. The van der Waals surface area contributed by atoms with E-state index in [0.29, 0.717) is 6.54 Å². The lowest BCUT2D eigenvalue weighted by molar-refractivity contribution is 0.217. The molecule has 17 heavy (non-hydrogen) atoms. The second-order valence-corrected chi connectivity index (χ2v) is 5.53. The topological polar surface area (TPSA) is 81.4 Å². The molecular formula is C11H18N2O3S. The van der Waals surface area contributed by atoms with Crippen LogP contribution in [-0.2, 0) is 27.8 Å². The second-order valence-electron chi connectivity index (χ2n) is 3.61. The fourth-order valence-electron chi connectivity index (χ4n) is 1.38. The second kappa shape index (κ2) is 6.70. The molecule has 3 N–H and O–H groups in total. The maximum atomic E-state index is 11.5. The smallest absolute Gasteiger partial charge is 0.214 e. The average molecular weight is 258 g/mol. The fraction of sp³-hybridized carbons (Fsp3) is 0.455. The molecule has 0 fully saturated rings. The van der Waals surface area contributed by atoms with Crippen LogP contribution in [0, 0.1) is 0 Å². The number of hydrogen-bond acceptors (Lipinski definition) is 4. The van der Waals surface area contributed by atoms with Gasteiger partial charge in [-0.05, 0) is 11.1 Å². The molecule has 1 aromatic rings. The van der Waals surface area contributed by atoms with Crippen LogP contribution in [0.3, 0.4) is 0 Å². The normalized spacial score (nSPS) is 11.6. The minimum atomic E-state index is -3.28. The van der Waals surface area contributed by atoms with Crippen LogP contribution in [0.5, 0.6) is 0 Å². The van der Waals surface area contributed by atoms with Crippen molar-refractivity contribution >= 4 is 10.0 Å². The van der Waals surface area contributed by atoms with Gasteiger partial charge in [0.2, 0.25) is 10.0 Å². The summed E-state index contributed by atoms with van der Waals surface area (Å²) in [5, 5.41) is 0. The van der Waals surface area contributed by atoms with Gasteiger partial charge in [-0.1, -0.05) is 24.3 Å². The Morgan fingerprint density at radius 3 is 2.53 bits per heavy atom. The molecular weight excluding hydrogens is 240 g/mol. The third kappa shape index (κ3) is 4.82. The zero-order valence-electron chi connectivity index (χ0n) is 9.85. The number of ether oxygens (including phenoxy) is 1. The van der Waals surface area contributed by atoms with Crippen LogP contribution in [0.1, 0.15) is 11.1 Å². The van der Waals surface area contributed by atoms with Crippen LogP contribution < -0.4 is 10.5 Å². The fourth-order valence-corrected chi connectivity index (χ4v) is 2.29. The highest BCUT2D eigenvalue weighted by molar-refractivity contribution is 7.89. The molecule has 0 spiro atoms. The quantitative estimate of drug-likeness (QED) is 0.732. The van der Waals surface area contributed by atoms with Crippen LogP contribution >= 0.6 is 0 Å². The summed E-state index contributed by atoms with van der Waals surface area (Å²) in [5.74, 6) is -0.0334. The van der Waals surface area contributed by atoms with Gasteiger partial charge in [0.05, 0.1) is 12.4 Å². The summed E-state index contributed by atoms with van der Waals surface area (Å²) in [6, 6.07) is 7.49. The zero-order valence-corrected chi connectivity index (χ0v) is 10.7. The number of sulfonamides is 1. The van der Waals surface area contributed by atoms with Crippen LogP contribution in [0.4, 0.5) is 0 Å². The van der Waals surface area contributed by atoms with Gasteiger partial charge in [-0.15, -0.1) is 0 Å². The van der Waals surface area contributed by atoms with Gasteiger partial charge in [0.25, 0.3) is 0 Å². The third-order valence-electron chi connectivity index (χ3n) is 2.38. The van der Waals surface area contributed by atoms with Crippen molar-refractivity contribution in [1.29, 1.82) is 0 Å². The summed E-state index contributed by atoms with van der Waals surface area (Å²) >= 11 is 0. The maximum absolute atomic E-state index is 11.5. The Bertz CT molecular complexity index is 446. The molecule has 0 aromatic heterocycles. The van der Waals surface area contributed by atoms with E-state index in [1.165, 1.54) is 7.11 Å². The minimum absolute atomic E-state index is 0.0334. The molecule has 0 aliphatic carbocycles. The number of nitrogens with one attached hydrogen (secondary N) is 1. The first-order valence-corrected chi connectivity index (χ1v) is 6.97. The molecule has 0 radical (unpaired) electrons. The van der Waals surface area contributed by atoms with Crippen LogP contribution in [-0.4, -0.2) is 27.9 Å². The third-order valence-corrected chi connectivity index (χ3v) is 3.67. The van der Waals surface area contributed by atoms with E-state index in [1.54, 1.807) is 0 Å². The summed E-state index contributed by atoms with van der Waals surface area (Å²) in [6.07, 6.45) is 0. The lowest BCUT2D eigenvalue weighted by Gasteiger charge is -2.09. The Kier molecular flexibility index (Phi) is 5.57. The number of benzene rings is 1. The standard InChI is InChI=1S/C11H18N2O3S/c1-16-6-7-17(14,15)13-9-11-5-3-2-4-10(11)8-12/h2-5,13H,6-9,12H2,1H3. The summed E-state index contributed by atoms with van der Waals surface area (Å²) in [7, 11) is -1.81. The van der Waals surface area contributed by atoms with Crippen molar-refractivity contribution < 1.29 is 13.2 Å². The van der Waals surface area contributed by atoms with Gasteiger partial charge in [-0.2, -0.15) is 0 Å². The van der Waals surface area contributed by atoms with Gasteiger partial charge in [0.1, 0.15) is 0 Å². The summed E-state index contributed by atoms with van der Waals surface area (Å²) in [6.45, 7) is 0.850. The van der Waals surface area contributed by atoms with Gasteiger partial charge < -0.3 is 10.5 Å². The molecule has 0 aliphatic rings. The molecule has 6 heteroatoms. The van der Waals surface area contributed by atoms with E-state index in [9.17, 15) is 8.42 Å². The number of nitrogens with two attached hydrogens (primary N) is 1. The van der Waals surface area contributed by atoms with Gasteiger partial charge in [-0.3, -0.25) is 0 Å². The molecule has 1 rings (SSSR count). The highest BCUT2D eigenvalue weighted by Crippen LogP contribution is 2.07. The number of hydrogen-bond donors (Lipinski definition) is 2. The molecule has 0 aliphatic heterocycles. The Morgan fingerprint density at radius 2 is 1.94 bits per heavy atom. The van der Waals surface area contributed by atoms with Crippen LogP contribution in [0.15, 0.2) is 24.3 Å². The minimum Gasteiger partial charge on any atom is -0.384 e. The van der Waals surface area contributed by atoms with E-state index in [4.69, 9.17) is 10.5 Å². The van der Waals surface area contributed by atoms with Crippen molar-refractivity contribution in [3.63, 3.8) is 0 Å². The Morgan fingerprint density at radius 1 is 1.29 bits per heavy atom. The Balaban J connectivity index is 2.61. The molecule has 0 unspecified atom stereocenters. The zero-order chi connectivity index (χ0) is 12.7. The van der Waals surface area contributed by atoms with Crippen molar-refractivity contribution in [2.24, 2.45) is 5.73 Å². The van der Waals surface area contributed by atoms with Crippen molar-refractivity contribution in [3.8, 4) is 0 Å². The van der Waals surface area contributed by atoms with Crippen molar-refractivity contribution in [2.45, 2.75) is 13.1 Å². The number of methoxy groups -OCH3 is 1. The van der Waals surface area contributed by atoms with Gasteiger partial charge in [0, 0.05) is 20.2 Å². The SMILES string of the molecule is COCCS(=O)(=O)NCc1ccccc1CN. The van der Waals surface area contributed by atoms with Gasteiger partial charge >= 0.3 is 0 Å². The van der Waals surface area contributed by atoms with Gasteiger partial charge in [0.15, 0.2) is 0 Å². The molecule has 0 heterocycles. The van der Waals surface area contributed by atoms with E-state index in [-0.39, 0.29) is 18.9 Å². The van der Waals surface area contributed by atoms with Crippen molar-refractivity contribution in [3.05, 3.63) is 35.4 Å². The monoisotopic (exact) mass is 258 g/mol. The van der Waals surface area contributed by atoms with Crippen LogP contribution in [0.25, 0.3) is 0 Å². The maximum Gasteiger partial charge on any atom is 0.214 e. The van der Waals surface area contributed by atoms with Crippen molar-refractivity contribution in [1.82, 2.24) is 4.72 Å². The Labute approximate surface area is 102 Å². The predicted molar refractivity (Wildman–Crippen MR) is 66.8 cm³/mol. The van der Waals surface area contributed by atoms with Crippen molar-refractivity contribution in [2.75, 3.05) is 19.5 Å². The van der Waals surface area contributed by atoms with Gasteiger partial charge in [-0.25, -0.2) is 13.1 Å². The molecule has 1 aromatic carbocycles. The molecule has 0 amide bonds. The molecule has 0 saturated carbocycles. The lowest BCUT2D eigenvalue weighted by Crippen LogP contribution is -2.28.